The van der Waals surface area contributed by atoms with Gasteiger partial charge in [0, 0.05) is 24.5 Å². The lowest BCUT2D eigenvalue weighted by Crippen LogP contribution is -2.31. The highest BCUT2D eigenvalue weighted by Gasteiger charge is 2.27. The first kappa shape index (κ1) is 15.6. The molecule has 0 saturated carbocycles. The van der Waals surface area contributed by atoms with E-state index in [1.54, 1.807) is 16.9 Å². The summed E-state index contributed by atoms with van der Waals surface area (Å²) < 4.78 is 3.62. The average molecular weight is 336 g/mol. The Balaban J connectivity index is 1.58. The van der Waals surface area contributed by atoms with Crippen molar-refractivity contribution in [2.45, 2.75) is 38.8 Å². The summed E-state index contributed by atoms with van der Waals surface area (Å²) in [5, 5.41) is 11.9. The topological polar surface area (TPSA) is 77.6 Å². The number of hydrogen-bond acceptors (Lipinski definition) is 4. The van der Waals surface area contributed by atoms with Gasteiger partial charge in [-0.15, -0.1) is 0 Å². The van der Waals surface area contributed by atoms with Crippen molar-refractivity contribution < 1.29 is 4.79 Å². The minimum absolute atomic E-state index is 0.0412. The molecule has 3 aromatic rings. The molecule has 7 nitrogen and oxygen atoms in total. The van der Waals surface area contributed by atoms with Crippen LogP contribution in [-0.4, -0.2) is 30.5 Å². The molecule has 1 aliphatic carbocycles. The summed E-state index contributed by atoms with van der Waals surface area (Å²) in [6, 6.07) is 7.48. The molecule has 0 aromatic carbocycles. The van der Waals surface area contributed by atoms with Crippen LogP contribution in [0, 0.1) is 0 Å². The lowest BCUT2D eigenvalue weighted by molar-refractivity contribution is 0.0927. The fraction of sp³-hybridized carbons (Fsp3) is 0.333. The largest absolute Gasteiger partial charge is 0.344 e. The molecule has 0 fully saturated rings. The highest BCUT2D eigenvalue weighted by Crippen LogP contribution is 2.30. The van der Waals surface area contributed by atoms with Gasteiger partial charge in [-0.25, -0.2) is 9.67 Å². The first-order valence-corrected chi connectivity index (χ1v) is 8.58. The molecular weight excluding hydrogens is 316 g/mol. The number of carbonyl (C=O) groups is 1. The molecule has 0 spiro atoms. The number of aryl methyl sites for hydroxylation is 1. The number of aromatic nitrogens is 5. The molecule has 0 aliphatic heterocycles. The first-order valence-electron chi connectivity index (χ1n) is 8.58. The van der Waals surface area contributed by atoms with Gasteiger partial charge in [-0.3, -0.25) is 9.48 Å². The zero-order valence-electron chi connectivity index (χ0n) is 14.1. The molecule has 3 aromatic heterocycles. The zero-order chi connectivity index (χ0) is 17.2. The summed E-state index contributed by atoms with van der Waals surface area (Å²) in [6.07, 6.45) is 8.26. The van der Waals surface area contributed by atoms with Crippen molar-refractivity contribution in [1.29, 1.82) is 0 Å². The van der Waals surface area contributed by atoms with Crippen LogP contribution in [0.15, 0.2) is 42.9 Å². The van der Waals surface area contributed by atoms with Crippen molar-refractivity contribution in [3.63, 3.8) is 0 Å². The number of fused-ring (bicyclic) bond motifs is 1. The standard InChI is InChI=1S/C18H20N6O/c1-2-23-11-9-15(22-23)18(25)21-14-6-5-7-16-13(14)12-20-24(16)17-8-3-4-10-19-17/h3-4,8-12,14H,2,5-7H2,1H3,(H,21,25)/t14-/m0/s1. The van der Waals surface area contributed by atoms with E-state index in [0.717, 1.165) is 42.9 Å². The van der Waals surface area contributed by atoms with Crippen LogP contribution < -0.4 is 5.32 Å². The van der Waals surface area contributed by atoms with E-state index in [1.165, 1.54) is 0 Å². The summed E-state index contributed by atoms with van der Waals surface area (Å²) in [5.41, 5.74) is 2.64. The fourth-order valence-corrected chi connectivity index (χ4v) is 3.27. The van der Waals surface area contributed by atoms with Gasteiger partial charge in [-0.2, -0.15) is 10.2 Å². The smallest absolute Gasteiger partial charge is 0.272 e. The number of nitrogens with zero attached hydrogens (tertiary/aromatic N) is 5. The van der Waals surface area contributed by atoms with Crippen molar-refractivity contribution >= 4 is 5.91 Å². The molecule has 3 heterocycles. The summed E-state index contributed by atoms with van der Waals surface area (Å²) in [5.74, 6) is 0.660. The third-order valence-corrected chi connectivity index (χ3v) is 4.55. The molecule has 1 N–H and O–H groups in total. The van der Waals surface area contributed by atoms with Gasteiger partial charge in [-0.1, -0.05) is 6.07 Å². The van der Waals surface area contributed by atoms with Crippen LogP contribution in [0.1, 0.15) is 47.6 Å². The third-order valence-electron chi connectivity index (χ3n) is 4.55. The Morgan fingerprint density at radius 1 is 1.36 bits per heavy atom. The van der Waals surface area contributed by atoms with Crippen molar-refractivity contribution in [3.8, 4) is 5.82 Å². The van der Waals surface area contributed by atoms with E-state index in [-0.39, 0.29) is 11.9 Å². The molecular formula is C18H20N6O. The minimum atomic E-state index is -0.143. The molecule has 128 valence electrons. The minimum Gasteiger partial charge on any atom is -0.344 e. The Kier molecular flexibility index (Phi) is 4.05. The lowest BCUT2D eigenvalue weighted by Gasteiger charge is -2.23. The van der Waals surface area contributed by atoms with Crippen molar-refractivity contribution in [3.05, 3.63) is 59.8 Å². The molecule has 1 aliphatic rings. The number of nitrogens with one attached hydrogen (secondary N) is 1. The maximum atomic E-state index is 12.5. The Bertz CT molecular complexity index is 882. The van der Waals surface area contributed by atoms with Crippen molar-refractivity contribution in [1.82, 2.24) is 29.9 Å². The second kappa shape index (κ2) is 6.51. The Morgan fingerprint density at radius 2 is 2.28 bits per heavy atom. The van der Waals surface area contributed by atoms with E-state index in [1.807, 2.05) is 42.2 Å². The van der Waals surface area contributed by atoms with E-state index in [4.69, 9.17) is 0 Å². The van der Waals surface area contributed by atoms with Crippen LogP contribution in [0.5, 0.6) is 0 Å². The van der Waals surface area contributed by atoms with Crippen molar-refractivity contribution in [2.75, 3.05) is 0 Å². The molecule has 7 heteroatoms. The molecule has 0 radical (unpaired) electrons. The molecule has 0 unspecified atom stereocenters. The second-order valence-corrected chi connectivity index (χ2v) is 6.12. The van der Waals surface area contributed by atoms with Crippen LogP contribution in [0.3, 0.4) is 0 Å². The number of pyridine rings is 1. The summed E-state index contributed by atoms with van der Waals surface area (Å²) in [4.78, 5) is 16.9. The predicted molar refractivity (Wildman–Crippen MR) is 92.4 cm³/mol. The Morgan fingerprint density at radius 3 is 3.04 bits per heavy atom. The third kappa shape index (κ3) is 2.93. The van der Waals surface area contributed by atoms with Crippen molar-refractivity contribution in [2.24, 2.45) is 0 Å². The predicted octanol–water partition coefficient (Wildman–Crippen LogP) is 2.29. The van der Waals surface area contributed by atoms with Crippen LogP contribution in [0.25, 0.3) is 5.82 Å². The maximum absolute atomic E-state index is 12.5. The fourth-order valence-electron chi connectivity index (χ4n) is 3.27. The second-order valence-electron chi connectivity index (χ2n) is 6.12. The number of carbonyl (C=O) groups excluding carboxylic acids is 1. The monoisotopic (exact) mass is 336 g/mol. The zero-order valence-corrected chi connectivity index (χ0v) is 14.1. The summed E-state index contributed by atoms with van der Waals surface area (Å²) >= 11 is 0. The van der Waals surface area contributed by atoms with Gasteiger partial charge in [-0.05, 0) is 44.4 Å². The van der Waals surface area contributed by atoms with E-state index in [0.29, 0.717) is 5.69 Å². The van der Waals surface area contributed by atoms with Gasteiger partial charge in [0.2, 0.25) is 0 Å². The van der Waals surface area contributed by atoms with Crippen LogP contribution in [0.2, 0.25) is 0 Å². The van der Waals surface area contributed by atoms with Gasteiger partial charge < -0.3 is 5.32 Å². The quantitative estimate of drug-likeness (QED) is 0.793. The molecule has 4 rings (SSSR count). The number of hydrogen-bond donors (Lipinski definition) is 1. The van der Waals surface area contributed by atoms with Crippen LogP contribution in [0.4, 0.5) is 0 Å². The Labute approximate surface area is 145 Å². The van der Waals surface area contributed by atoms with E-state index in [9.17, 15) is 4.79 Å². The van der Waals surface area contributed by atoms with Gasteiger partial charge in [0.1, 0.15) is 5.69 Å². The molecule has 1 atom stereocenters. The van der Waals surface area contributed by atoms with Crippen LogP contribution >= 0.6 is 0 Å². The molecule has 0 saturated heterocycles. The van der Waals surface area contributed by atoms with Gasteiger partial charge >= 0.3 is 0 Å². The first-order chi connectivity index (χ1) is 12.3. The molecule has 0 bridgehead atoms. The highest BCUT2D eigenvalue weighted by atomic mass is 16.2. The Hall–Kier alpha value is -2.96. The SMILES string of the molecule is CCn1ccc(C(=O)N[C@H]2CCCc3c2cnn3-c2ccccn2)n1. The summed E-state index contributed by atoms with van der Waals surface area (Å²) in [6.45, 7) is 2.74. The van der Waals surface area contributed by atoms with E-state index in [2.05, 4.69) is 20.5 Å². The van der Waals surface area contributed by atoms with E-state index >= 15 is 0 Å². The van der Waals surface area contributed by atoms with Crippen LogP contribution in [-0.2, 0) is 13.0 Å². The highest BCUT2D eigenvalue weighted by molar-refractivity contribution is 5.92. The lowest BCUT2D eigenvalue weighted by atomic mass is 9.93. The van der Waals surface area contributed by atoms with Gasteiger partial charge in [0.25, 0.3) is 5.91 Å². The van der Waals surface area contributed by atoms with Gasteiger partial charge in [0.15, 0.2) is 5.82 Å². The number of rotatable bonds is 4. The molecule has 25 heavy (non-hydrogen) atoms. The summed E-state index contributed by atoms with van der Waals surface area (Å²) in [7, 11) is 0. The number of amides is 1. The normalized spacial score (nSPS) is 16.4. The van der Waals surface area contributed by atoms with Gasteiger partial charge in [0.05, 0.1) is 17.9 Å². The average Bonchev–Trinajstić information content (AvgIpc) is 3.30. The van der Waals surface area contributed by atoms with E-state index < -0.39 is 0 Å². The maximum Gasteiger partial charge on any atom is 0.272 e. The molecule has 1 amide bonds.